The first kappa shape index (κ1) is 19.7. The molecule has 0 saturated heterocycles. The van der Waals surface area contributed by atoms with Crippen LogP contribution in [0.5, 0.6) is 0 Å². The van der Waals surface area contributed by atoms with Crippen molar-refractivity contribution in [2.45, 2.75) is 52.2 Å². The highest BCUT2D eigenvalue weighted by Crippen LogP contribution is 2.14. The van der Waals surface area contributed by atoms with Gasteiger partial charge in [-0.15, -0.1) is 0 Å². The summed E-state index contributed by atoms with van der Waals surface area (Å²) in [4.78, 5) is 14.5. The number of aryl methyl sites for hydroxylation is 1. The summed E-state index contributed by atoms with van der Waals surface area (Å²) in [7, 11) is 4.07. The number of carbonyl (C=O) groups is 1. The lowest BCUT2D eigenvalue weighted by Gasteiger charge is -2.28. The molecule has 0 saturated carbocycles. The van der Waals surface area contributed by atoms with Gasteiger partial charge >= 0.3 is 0 Å². The Kier molecular flexibility index (Phi) is 7.23. The molecule has 0 aromatic heterocycles. The van der Waals surface area contributed by atoms with Gasteiger partial charge in [-0.2, -0.15) is 0 Å². The molecule has 4 heteroatoms. The minimum absolute atomic E-state index is 0.0393. The van der Waals surface area contributed by atoms with Crippen LogP contribution >= 0.6 is 0 Å². The zero-order valence-electron chi connectivity index (χ0n) is 15.4. The normalized spacial score (nSPS) is 13.4. The SMILES string of the molecule is CC(C)C(CNC(=O)c1cccc(CCC(C)(C)O)c1)N(C)C. The number of hydrogen-bond donors (Lipinski definition) is 2. The minimum Gasteiger partial charge on any atom is -0.390 e. The minimum atomic E-state index is -0.686. The second-order valence-electron chi connectivity index (χ2n) is 7.50. The molecule has 0 bridgehead atoms. The van der Waals surface area contributed by atoms with Crippen LogP contribution in [0.15, 0.2) is 24.3 Å². The summed E-state index contributed by atoms with van der Waals surface area (Å²) < 4.78 is 0. The van der Waals surface area contributed by atoms with Crippen LogP contribution in [0.1, 0.15) is 50.0 Å². The van der Waals surface area contributed by atoms with Gasteiger partial charge in [0.1, 0.15) is 0 Å². The summed E-state index contributed by atoms with van der Waals surface area (Å²) >= 11 is 0. The maximum atomic E-state index is 12.4. The molecule has 0 aliphatic rings. The van der Waals surface area contributed by atoms with Crippen LogP contribution < -0.4 is 5.32 Å². The van der Waals surface area contributed by atoms with Crippen molar-refractivity contribution in [3.05, 3.63) is 35.4 Å². The summed E-state index contributed by atoms with van der Waals surface area (Å²) in [6.07, 6.45) is 1.44. The average molecular weight is 320 g/mol. The fraction of sp³-hybridized carbons (Fsp3) is 0.632. The lowest BCUT2D eigenvalue weighted by Crippen LogP contribution is -2.43. The van der Waals surface area contributed by atoms with Crippen molar-refractivity contribution in [3.8, 4) is 0 Å². The molecule has 1 amide bonds. The van der Waals surface area contributed by atoms with Gasteiger partial charge in [0.2, 0.25) is 0 Å². The van der Waals surface area contributed by atoms with E-state index in [2.05, 4.69) is 24.1 Å². The van der Waals surface area contributed by atoms with Gasteiger partial charge in [-0.1, -0.05) is 26.0 Å². The molecule has 4 nitrogen and oxygen atoms in total. The number of nitrogens with zero attached hydrogens (tertiary/aromatic N) is 1. The van der Waals surface area contributed by atoms with E-state index in [0.717, 1.165) is 12.0 Å². The molecule has 1 atom stereocenters. The summed E-state index contributed by atoms with van der Waals surface area (Å²) in [6.45, 7) is 8.56. The van der Waals surface area contributed by atoms with E-state index < -0.39 is 5.60 Å². The molecule has 1 aromatic rings. The molecule has 0 heterocycles. The molecule has 0 spiro atoms. The van der Waals surface area contributed by atoms with E-state index in [1.807, 2.05) is 38.4 Å². The van der Waals surface area contributed by atoms with Crippen molar-refractivity contribution < 1.29 is 9.90 Å². The van der Waals surface area contributed by atoms with Gasteiger partial charge in [0, 0.05) is 18.2 Å². The van der Waals surface area contributed by atoms with E-state index >= 15 is 0 Å². The molecule has 1 rings (SSSR count). The number of hydrogen-bond acceptors (Lipinski definition) is 3. The zero-order chi connectivity index (χ0) is 17.6. The number of rotatable bonds is 8. The number of carbonyl (C=O) groups excluding carboxylic acids is 1. The quantitative estimate of drug-likeness (QED) is 0.774. The second-order valence-corrected chi connectivity index (χ2v) is 7.50. The Balaban J connectivity index is 2.66. The molecule has 0 radical (unpaired) electrons. The lowest BCUT2D eigenvalue weighted by atomic mass is 9.97. The number of amides is 1. The Labute approximate surface area is 140 Å². The van der Waals surface area contributed by atoms with E-state index in [9.17, 15) is 9.90 Å². The number of nitrogens with one attached hydrogen (secondary N) is 1. The Morgan fingerprint density at radius 3 is 2.48 bits per heavy atom. The van der Waals surface area contributed by atoms with Gasteiger partial charge in [-0.3, -0.25) is 4.79 Å². The van der Waals surface area contributed by atoms with Crippen LogP contribution in [-0.4, -0.2) is 48.2 Å². The molecular weight excluding hydrogens is 288 g/mol. The van der Waals surface area contributed by atoms with Crippen molar-refractivity contribution in [1.82, 2.24) is 10.2 Å². The maximum absolute atomic E-state index is 12.4. The van der Waals surface area contributed by atoms with E-state index in [-0.39, 0.29) is 5.91 Å². The van der Waals surface area contributed by atoms with Crippen LogP contribution in [0.25, 0.3) is 0 Å². The standard InChI is InChI=1S/C19H32N2O2/c1-14(2)17(21(5)6)13-20-18(22)16-9-7-8-15(12-16)10-11-19(3,4)23/h7-9,12,14,17,23H,10-11,13H2,1-6H3,(H,20,22). The van der Waals surface area contributed by atoms with Gasteiger partial charge in [0.15, 0.2) is 0 Å². The topological polar surface area (TPSA) is 52.6 Å². The van der Waals surface area contributed by atoms with Crippen molar-refractivity contribution in [3.63, 3.8) is 0 Å². The van der Waals surface area contributed by atoms with Crippen LogP contribution in [0, 0.1) is 5.92 Å². The molecule has 1 unspecified atom stereocenters. The molecule has 1 aromatic carbocycles. The largest absolute Gasteiger partial charge is 0.390 e. The zero-order valence-corrected chi connectivity index (χ0v) is 15.4. The van der Waals surface area contributed by atoms with Crippen LogP contribution in [0.4, 0.5) is 0 Å². The summed E-state index contributed by atoms with van der Waals surface area (Å²) in [5.74, 6) is 0.436. The number of likely N-dealkylation sites (N-methyl/N-ethyl adjacent to an activating group) is 1. The van der Waals surface area contributed by atoms with Crippen molar-refractivity contribution in [2.75, 3.05) is 20.6 Å². The molecule has 23 heavy (non-hydrogen) atoms. The summed E-state index contributed by atoms with van der Waals surface area (Å²) in [5.41, 5.74) is 1.07. The summed E-state index contributed by atoms with van der Waals surface area (Å²) in [5, 5.41) is 12.9. The predicted octanol–water partition coefficient (Wildman–Crippen LogP) is 2.71. The van der Waals surface area contributed by atoms with Gasteiger partial charge < -0.3 is 15.3 Å². The van der Waals surface area contributed by atoms with E-state index in [0.29, 0.717) is 30.5 Å². The molecular formula is C19H32N2O2. The lowest BCUT2D eigenvalue weighted by molar-refractivity contribution is 0.0714. The highest BCUT2D eigenvalue weighted by Gasteiger charge is 2.17. The van der Waals surface area contributed by atoms with E-state index in [4.69, 9.17) is 0 Å². The van der Waals surface area contributed by atoms with Gasteiger partial charge in [-0.05, 0) is 64.4 Å². The van der Waals surface area contributed by atoms with Gasteiger partial charge in [0.05, 0.1) is 5.60 Å². The second kappa shape index (κ2) is 8.46. The van der Waals surface area contributed by atoms with Crippen LogP contribution in [0.2, 0.25) is 0 Å². The smallest absolute Gasteiger partial charge is 0.251 e. The molecule has 130 valence electrons. The Morgan fingerprint density at radius 1 is 1.30 bits per heavy atom. The van der Waals surface area contributed by atoms with E-state index in [1.54, 1.807) is 13.8 Å². The average Bonchev–Trinajstić information content (AvgIpc) is 2.44. The van der Waals surface area contributed by atoms with Crippen molar-refractivity contribution >= 4 is 5.91 Å². The monoisotopic (exact) mass is 320 g/mol. The highest BCUT2D eigenvalue weighted by atomic mass is 16.3. The third-order valence-corrected chi connectivity index (χ3v) is 4.12. The Bertz CT molecular complexity index is 496. The van der Waals surface area contributed by atoms with Gasteiger partial charge in [-0.25, -0.2) is 0 Å². The van der Waals surface area contributed by atoms with Crippen LogP contribution in [-0.2, 0) is 6.42 Å². The fourth-order valence-corrected chi connectivity index (χ4v) is 2.63. The molecule has 0 aliphatic carbocycles. The first-order chi connectivity index (χ1) is 10.6. The van der Waals surface area contributed by atoms with Crippen molar-refractivity contribution in [2.24, 2.45) is 5.92 Å². The summed E-state index contributed by atoms with van der Waals surface area (Å²) in [6, 6.07) is 7.97. The van der Waals surface area contributed by atoms with Crippen molar-refractivity contribution in [1.29, 1.82) is 0 Å². The highest BCUT2D eigenvalue weighted by molar-refractivity contribution is 5.94. The first-order valence-corrected chi connectivity index (χ1v) is 8.36. The number of aliphatic hydroxyl groups is 1. The third kappa shape index (κ3) is 7.14. The predicted molar refractivity (Wildman–Crippen MR) is 95.7 cm³/mol. The van der Waals surface area contributed by atoms with E-state index in [1.165, 1.54) is 0 Å². The maximum Gasteiger partial charge on any atom is 0.251 e. The fourth-order valence-electron chi connectivity index (χ4n) is 2.63. The molecule has 2 N–H and O–H groups in total. The molecule has 0 aliphatic heterocycles. The van der Waals surface area contributed by atoms with Crippen LogP contribution in [0.3, 0.4) is 0 Å². The van der Waals surface area contributed by atoms with Gasteiger partial charge in [0.25, 0.3) is 5.91 Å². The Hall–Kier alpha value is -1.39. The third-order valence-electron chi connectivity index (χ3n) is 4.12. The Morgan fingerprint density at radius 2 is 1.96 bits per heavy atom. The first-order valence-electron chi connectivity index (χ1n) is 8.36. The number of benzene rings is 1. The molecule has 0 fully saturated rings.